The van der Waals surface area contributed by atoms with Gasteiger partial charge in [0.05, 0.1) is 21.6 Å². The van der Waals surface area contributed by atoms with Crippen LogP contribution in [0.2, 0.25) is 0 Å². The van der Waals surface area contributed by atoms with Crippen LogP contribution in [0.5, 0.6) is 0 Å². The molecule has 0 radical (unpaired) electrons. The van der Waals surface area contributed by atoms with Gasteiger partial charge < -0.3 is 19.5 Å². The Kier molecular flexibility index (Phi) is 5.71. The number of thiophene rings is 1. The number of hydrogen-bond donors (Lipinski definition) is 1. The summed E-state index contributed by atoms with van der Waals surface area (Å²) in [5.41, 5.74) is 1.11. The van der Waals surface area contributed by atoms with Gasteiger partial charge in [0.1, 0.15) is 11.4 Å². The number of rotatable bonds is 4. The molecule has 1 aliphatic heterocycles. The number of benzene rings is 1. The van der Waals surface area contributed by atoms with Crippen molar-refractivity contribution < 1.29 is 26.8 Å². The smallest absolute Gasteiger partial charge is 0.321 e. The lowest BCUT2D eigenvalue weighted by atomic mass is 10.2. The Hall–Kier alpha value is -2.92. The molecule has 3 aromatic rings. The number of urea groups is 1. The minimum absolute atomic E-state index is 0.106. The molecule has 0 unspecified atom stereocenters. The van der Waals surface area contributed by atoms with Crippen LogP contribution >= 0.6 is 11.3 Å². The number of nitrogens with one attached hydrogen (secondary N) is 1. The van der Waals surface area contributed by atoms with Crippen molar-refractivity contribution in [2.75, 3.05) is 37.8 Å². The van der Waals surface area contributed by atoms with Gasteiger partial charge in [0.25, 0.3) is 5.91 Å². The van der Waals surface area contributed by atoms with Gasteiger partial charge in [0.2, 0.25) is 0 Å². The normalized spacial score (nSPS) is 14.8. The monoisotopic (exact) mass is 465 g/mol. The van der Waals surface area contributed by atoms with Crippen LogP contribution in [0.4, 0.5) is 14.9 Å². The Labute approximate surface area is 182 Å². The highest BCUT2D eigenvalue weighted by Crippen LogP contribution is 2.28. The molecular weight excluding hydrogens is 445 g/mol. The summed E-state index contributed by atoms with van der Waals surface area (Å²) in [6.07, 6.45) is 2.62. The molecule has 0 aliphatic carbocycles. The Morgan fingerprint density at radius 1 is 1.13 bits per heavy atom. The second-order valence-corrected chi connectivity index (χ2v) is 10.6. The molecule has 164 valence electrons. The molecule has 1 aliphatic rings. The van der Waals surface area contributed by atoms with E-state index in [0.717, 1.165) is 23.1 Å². The molecule has 1 aromatic carbocycles. The fourth-order valence-electron chi connectivity index (χ4n) is 3.42. The van der Waals surface area contributed by atoms with Crippen molar-refractivity contribution in [3.63, 3.8) is 0 Å². The van der Waals surface area contributed by atoms with Gasteiger partial charge in [-0.1, -0.05) is 0 Å². The second-order valence-electron chi connectivity index (χ2n) is 7.34. The Morgan fingerprint density at radius 3 is 2.52 bits per heavy atom. The van der Waals surface area contributed by atoms with Crippen LogP contribution in [0, 0.1) is 5.82 Å². The van der Waals surface area contributed by atoms with Crippen LogP contribution in [0.3, 0.4) is 0 Å². The number of carbonyl (C=O) groups excluding carboxylic acids is 2. The molecule has 3 amide bonds. The molecule has 2 aromatic heterocycles. The van der Waals surface area contributed by atoms with Crippen molar-refractivity contribution in [3.8, 4) is 0 Å². The fraction of sp³-hybridized carbons (Fsp3) is 0.300. The maximum atomic E-state index is 13.6. The zero-order valence-electron chi connectivity index (χ0n) is 16.6. The number of hydrogen-bond acceptors (Lipinski definition) is 6. The highest BCUT2D eigenvalue weighted by molar-refractivity contribution is 7.89. The van der Waals surface area contributed by atoms with E-state index in [1.807, 2.05) is 6.07 Å². The quantitative estimate of drug-likeness (QED) is 0.638. The molecule has 1 saturated heterocycles. The third-order valence-corrected chi connectivity index (χ3v) is 6.84. The molecule has 3 heterocycles. The summed E-state index contributed by atoms with van der Waals surface area (Å²) in [7, 11) is -3.41. The lowest BCUT2D eigenvalue weighted by Crippen LogP contribution is -2.51. The first-order valence-corrected chi connectivity index (χ1v) is 12.4. The Morgan fingerprint density at radius 2 is 1.84 bits per heavy atom. The zero-order chi connectivity index (χ0) is 22.2. The van der Waals surface area contributed by atoms with Crippen molar-refractivity contribution >= 4 is 49.1 Å². The molecule has 4 rings (SSSR count). The average molecular weight is 466 g/mol. The summed E-state index contributed by atoms with van der Waals surface area (Å²) in [4.78, 5) is 29.2. The van der Waals surface area contributed by atoms with Crippen LogP contribution in [0.25, 0.3) is 10.3 Å². The van der Waals surface area contributed by atoms with Gasteiger partial charge in [-0.15, -0.1) is 11.3 Å². The standard InChI is InChI=1S/C20H20FN3O5S2/c1-31(27,28)12-13-10-14(21)2-3-15(13)22-20(26)24-7-5-23(6-8-24)19(25)18-11-16-17(30-18)4-9-29-16/h2-4,9-11H,5-8,12H2,1H3,(H,22,26). The number of anilines is 1. The lowest BCUT2D eigenvalue weighted by Gasteiger charge is -2.34. The van der Waals surface area contributed by atoms with Gasteiger partial charge in [0, 0.05) is 44.2 Å². The number of furan rings is 1. The van der Waals surface area contributed by atoms with E-state index in [2.05, 4.69) is 5.32 Å². The van der Waals surface area contributed by atoms with E-state index in [4.69, 9.17) is 4.42 Å². The van der Waals surface area contributed by atoms with Crippen LogP contribution in [-0.2, 0) is 15.6 Å². The predicted octanol–water partition coefficient (Wildman–Crippen LogP) is 3.17. The maximum Gasteiger partial charge on any atom is 0.321 e. The van der Waals surface area contributed by atoms with Gasteiger partial charge in [-0.2, -0.15) is 0 Å². The van der Waals surface area contributed by atoms with E-state index in [0.29, 0.717) is 36.6 Å². The van der Waals surface area contributed by atoms with Crippen molar-refractivity contribution in [1.82, 2.24) is 9.80 Å². The van der Waals surface area contributed by atoms with Crippen molar-refractivity contribution in [3.05, 3.63) is 52.9 Å². The number of amides is 3. The van der Waals surface area contributed by atoms with Gasteiger partial charge in [-0.05, 0) is 29.8 Å². The van der Waals surface area contributed by atoms with E-state index in [9.17, 15) is 22.4 Å². The Bertz CT molecular complexity index is 1210. The number of sulfone groups is 1. The molecule has 0 atom stereocenters. The topological polar surface area (TPSA) is 99.9 Å². The summed E-state index contributed by atoms with van der Waals surface area (Å²) in [6.45, 7) is 1.37. The number of piperazine rings is 1. The van der Waals surface area contributed by atoms with E-state index in [-0.39, 0.29) is 22.9 Å². The highest BCUT2D eigenvalue weighted by atomic mass is 32.2. The minimum atomic E-state index is -3.41. The summed E-state index contributed by atoms with van der Waals surface area (Å²) >= 11 is 1.36. The second kappa shape index (κ2) is 8.31. The molecule has 0 bridgehead atoms. The first-order valence-electron chi connectivity index (χ1n) is 9.48. The van der Waals surface area contributed by atoms with Gasteiger partial charge in [-0.3, -0.25) is 4.79 Å². The Balaban J connectivity index is 1.38. The maximum absolute atomic E-state index is 13.6. The van der Waals surface area contributed by atoms with Gasteiger partial charge in [0.15, 0.2) is 9.84 Å². The first kappa shape index (κ1) is 21.3. The molecule has 0 spiro atoms. The summed E-state index contributed by atoms with van der Waals surface area (Å²) in [5, 5.41) is 2.66. The largest absolute Gasteiger partial charge is 0.463 e. The van der Waals surface area contributed by atoms with Crippen molar-refractivity contribution in [2.24, 2.45) is 0 Å². The number of fused-ring (bicyclic) bond motifs is 1. The van der Waals surface area contributed by atoms with Crippen LogP contribution < -0.4 is 5.32 Å². The molecule has 1 fully saturated rings. The minimum Gasteiger partial charge on any atom is -0.463 e. The van der Waals surface area contributed by atoms with Crippen LogP contribution in [0.15, 0.2) is 41.0 Å². The summed E-state index contributed by atoms with van der Waals surface area (Å²) < 4.78 is 43.0. The predicted molar refractivity (Wildman–Crippen MR) is 116 cm³/mol. The number of nitrogens with zero attached hydrogens (tertiary/aromatic N) is 2. The van der Waals surface area contributed by atoms with E-state index in [1.165, 1.54) is 22.3 Å². The van der Waals surface area contributed by atoms with Crippen molar-refractivity contribution in [1.29, 1.82) is 0 Å². The zero-order valence-corrected chi connectivity index (χ0v) is 18.3. The first-order chi connectivity index (χ1) is 14.7. The molecule has 8 nitrogen and oxygen atoms in total. The summed E-state index contributed by atoms with van der Waals surface area (Å²) in [5.74, 6) is -1.07. The highest BCUT2D eigenvalue weighted by Gasteiger charge is 2.26. The number of halogens is 1. The third-order valence-electron chi connectivity index (χ3n) is 4.93. The molecule has 31 heavy (non-hydrogen) atoms. The molecular formula is C20H20FN3O5S2. The van der Waals surface area contributed by atoms with Crippen LogP contribution in [0.1, 0.15) is 15.2 Å². The van der Waals surface area contributed by atoms with Crippen molar-refractivity contribution in [2.45, 2.75) is 5.75 Å². The van der Waals surface area contributed by atoms with Gasteiger partial charge in [-0.25, -0.2) is 17.6 Å². The average Bonchev–Trinajstić information content (AvgIpc) is 3.30. The molecule has 1 N–H and O–H groups in total. The lowest BCUT2D eigenvalue weighted by molar-refractivity contribution is 0.0676. The van der Waals surface area contributed by atoms with Gasteiger partial charge >= 0.3 is 6.03 Å². The third kappa shape index (κ3) is 4.88. The van der Waals surface area contributed by atoms with Crippen LogP contribution in [-0.4, -0.2) is 62.6 Å². The molecule has 11 heteroatoms. The summed E-state index contributed by atoms with van der Waals surface area (Å²) in [6, 6.07) is 6.72. The number of carbonyl (C=O) groups is 2. The van der Waals surface area contributed by atoms with E-state index < -0.39 is 21.7 Å². The fourth-order valence-corrected chi connectivity index (χ4v) is 5.17. The molecule has 0 saturated carbocycles. The SMILES string of the molecule is CS(=O)(=O)Cc1cc(F)ccc1NC(=O)N1CCN(C(=O)c2cc3occc3s2)CC1. The van der Waals surface area contributed by atoms with E-state index in [1.54, 1.807) is 17.2 Å². The van der Waals surface area contributed by atoms with E-state index >= 15 is 0 Å².